The van der Waals surface area contributed by atoms with E-state index < -0.39 is 5.54 Å². The standard InChI is InChI=1S/C13H19NO3S/c1-3-13(7-15,8-16)14-12(17)11-6-10(18)5-4-9(11)2/h4-6,15-16,18H,3,7-8H2,1-2H3,(H,14,17). The van der Waals surface area contributed by atoms with Crippen LogP contribution in [-0.2, 0) is 0 Å². The minimum absolute atomic E-state index is 0.300. The summed E-state index contributed by atoms with van der Waals surface area (Å²) in [6, 6.07) is 5.28. The Bertz CT molecular complexity index is 422. The number of aliphatic hydroxyl groups excluding tert-OH is 2. The monoisotopic (exact) mass is 269 g/mol. The van der Waals surface area contributed by atoms with E-state index in [1.807, 2.05) is 13.0 Å². The van der Waals surface area contributed by atoms with Crippen molar-refractivity contribution in [3.05, 3.63) is 29.3 Å². The van der Waals surface area contributed by atoms with E-state index >= 15 is 0 Å². The zero-order valence-electron chi connectivity index (χ0n) is 10.6. The van der Waals surface area contributed by atoms with Crippen LogP contribution in [-0.4, -0.2) is 34.9 Å². The van der Waals surface area contributed by atoms with E-state index in [1.165, 1.54) is 0 Å². The van der Waals surface area contributed by atoms with Crippen molar-refractivity contribution in [2.75, 3.05) is 13.2 Å². The molecule has 0 aliphatic heterocycles. The number of aliphatic hydroxyl groups is 2. The smallest absolute Gasteiger partial charge is 0.252 e. The summed E-state index contributed by atoms with van der Waals surface area (Å²) in [6.07, 6.45) is 0.450. The minimum atomic E-state index is -0.976. The topological polar surface area (TPSA) is 69.6 Å². The number of carbonyl (C=O) groups is 1. The quantitative estimate of drug-likeness (QED) is 0.606. The van der Waals surface area contributed by atoms with Crippen molar-refractivity contribution in [3.63, 3.8) is 0 Å². The van der Waals surface area contributed by atoms with Crippen LogP contribution in [0.25, 0.3) is 0 Å². The number of thiol groups is 1. The summed E-state index contributed by atoms with van der Waals surface area (Å²) in [5.41, 5.74) is 0.351. The molecule has 5 heteroatoms. The molecule has 0 aromatic heterocycles. The minimum Gasteiger partial charge on any atom is -0.394 e. The van der Waals surface area contributed by atoms with Crippen LogP contribution in [0.15, 0.2) is 23.1 Å². The van der Waals surface area contributed by atoms with Crippen molar-refractivity contribution >= 4 is 18.5 Å². The number of benzene rings is 1. The average molecular weight is 269 g/mol. The fourth-order valence-corrected chi connectivity index (χ4v) is 1.81. The fraction of sp³-hybridized carbons (Fsp3) is 0.462. The molecule has 1 amide bonds. The van der Waals surface area contributed by atoms with Gasteiger partial charge in [0.25, 0.3) is 5.91 Å². The normalized spacial score (nSPS) is 11.4. The highest BCUT2D eigenvalue weighted by Crippen LogP contribution is 2.16. The van der Waals surface area contributed by atoms with E-state index in [1.54, 1.807) is 19.1 Å². The lowest BCUT2D eigenvalue weighted by atomic mass is 9.97. The Hall–Kier alpha value is -1.04. The molecule has 0 radical (unpaired) electrons. The molecule has 0 aliphatic rings. The van der Waals surface area contributed by atoms with Gasteiger partial charge in [-0.15, -0.1) is 12.6 Å². The molecule has 0 atom stereocenters. The number of rotatable bonds is 5. The summed E-state index contributed by atoms with van der Waals surface area (Å²) in [5, 5.41) is 21.3. The summed E-state index contributed by atoms with van der Waals surface area (Å²) >= 11 is 4.20. The maximum atomic E-state index is 12.1. The molecule has 100 valence electrons. The van der Waals surface area contributed by atoms with Gasteiger partial charge in [0.05, 0.1) is 18.8 Å². The lowest BCUT2D eigenvalue weighted by Gasteiger charge is -2.30. The molecule has 4 nitrogen and oxygen atoms in total. The summed E-state index contributed by atoms with van der Waals surface area (Å²) in [5.74, 6) is -0.312. The highest BCUT2D eigenvalue weighted by atomic mass is 32.1. The molecule has 0 heterocycles. The third-order valence-electron chi connectivity index (χ3n) is 3.13. The lowest BCUT2D eigenvalue weighted by Crippen LogP contribution is -2.53. The molecule has 0 saturated heterocycles. The van der Waals surface area contributed by atoms with Crippen molar-refractivity contribution in [1.82, 2.24) is 5.32 Å². The van der Waals surface area contributed by atoms with Crippen LogP contribution in [0.2, 0.25) is 0 Å². The molecule has 0 unspecified atom stereocenters. The summed E-state index contributed by atoms with van der Waals surface area (Å²) in [4.78, 5) is 12.8. The second-order valence-corrected chi connectivity index (χ2v) is 4.92. The van der Waals surface area contributed by atoms with Gasteiger partial charge in [-0.1, -0.05) is 13.0 Å². The van der Waals surface area contributed by atoms with Crippen molar-refractivity contribution in [1.29, 1.82) is 0 Å². The Morgan fingerprint density at radius 2 is 2.00 bits per heavy atom. The molecule has 0 fully saturated rings. The van der Waals surface area contributed by atoms with Crippen molar-refractivity contribution in [2.24, 2.45) is 0 Å². The maximum absolute atomic E-state index is 12.1. The Balaban J connectivity index is 2.97. The van der Waals surface area contributed by atoms with Crippen LogP contribution >= 0.6 is 12.6 Å². The highest BCUT2D eigenvalue weighted by Gasteiger charge is 2.29. The second-order valence-electron chi connectivity index (χ2n) is 4.40. The van der Waals surface area contributed by atoms with E-state index in [-0.39, 0.29) is 19.1 Å². The van der Waals surface area contributed by atoms with Crippen molar-refractivity contribution in [2.45, 2.75) is 30.7 Å². The first kappa shape index (κ1) is 15.0. The van der Waals surface area contributed by atoms with Crippen LogP contribution in [0.4, 0.5) is 0 Å². The van der Waals surface area contributed by atoms with Gasteiger partial charge in [-0.05, 0) is 31.0 Å². The first-order valence-corrected chi connectivity index (χ1v) is 6.26. The SMILES string of the molecule is CCC(CO)(CO)NC(=O)c1cc(S)ccc1C. The molecule has 1 rings (SSSR count). The summed E-state index contributed by atoms with van der Waals surface area (Å²) < 4.78 is 0. The Morgan fingerprint density at radius 3 is 2.50 bits per heavy atom. The van der Waals surface area contributed by atoms with E-state index in [0.29, 0.717) is 16.9 Å². The van der Waals surface area contributed by atoms with Crippen molar-refractivity contribution in [3.8, 4) is 0 Å². The molecule has 3 N–H and O–H groups in total. The molecule has 0 saturated carbocycles. The van der Waals surface area contributed by atoms with Gasteiger partial charge in [-0.3, -0.25) is 4.79 Å². The van der Waals surface area contributed by atoms with Gasteiger partial charge >= 0.3 is 0 Å². The summed E-state index contributed by atoms with van der Waals surface area (Å²) in [6.45, 7) is 3.03. The van der Waals surface area contributed by atoms with Gasteiger partial charge in [0, 0.05) is 10.5 Å². The molecule has 0 bridgehead atoms. The van der Waals surface area contributed by atoms with Gasteiger partial charge in [0.1, 0.15) is 0 Å². The maximum Gasteiger partial charge on any atom is 0.252 e. The van der Waals surface area contributed by atoms with Crippen LogP contribution in [0.3, 0.4) is 0 Å². The molecule has 1 aromatic rings. The first-order chi connectivity index (χ1) is 8.48. The van der Waals surface area contributed by atoms with Crippen LogP contribution in [0.1, 0.15) is 29.3 Å². The van der Waals surface area contributed by atoms with E-state index in [9.17, 15) is 15.0 Å². The Morgan fingerprint density at radius 1 is 1.39 bits per heavy atom. The van der Waals surface area contributed by atoms with Gasteiger partial charge in [0.2, 0.25) is 0 Å². The van der Waals surface area contributed by atoms with Gasteiger partial charge < -0.3 is 15.5 Å². The zero-order chi connectivity index (χ0) is 13.8. The van der Waals surface area contributed by atoms with Crippen molar-refractivity contribution < 1.29 is 15.0 Å². The molecule has 0 spiro atoms. The number of aryl methyl sites for hydroxylation is 1. The number of amides is 1. The Labute approximate surface area is 112 Å². The Kier molecular flexibility index (Phi) is 5.19. The fourth-order valence-electron chi connectivity index (χ4n) is 1.60. The van der Waals surface area contributed by atoms with E-state index in [4.69, 9.17) is 0 Å². The molecular weight excluding hydrogens is 250 g/mol. The molecule has 1 aromatic carbocycles. The predicted octanol–water partition coefficient (Wildman–Crippen LogP) is 1.15. The molecule has 18 heavy (non-hydrogen) atoms. The zero-order valence-corrected chi connectivity index (χ0v) is 11.5. The third kappa shape index (κ3) is 3.25. The van der Waals surface area contributed by atoms with E-state index in [2.05, 4.69) is 17.9 Å². The number of nitrogens with one attached hydrogen (secondary N) is 1. The predicted molar refractivity (Wildman–Crippen MR) is 73.1 cm³/mol. The first-order valence-electron chi connectivity index (χ1n) is 5.82. The lowest BCUT2D eigenvalue weighted by molar-refractivity contribution is 0.0652. The second kappa shape index (κ2) is 6.22. The van der Waals surface area contributed by atoms with Crippen LogP contribution < -0.4 is 5.32 Å². The van der Waals surface area contributed by atoms with Gasteiger partial charge in [-0.2, -0.15) is 0 Å². The number of hydrogen-bond acceptors (Lipinski definition) is 4. The van der Waals surface area contributed by atoms with Crippen LogP contribution in [0.5, 0.6) is 0 Å². The van der Waals surface area contributed by atoms with Gasteiger partial charge in [-0.25, -0.2) is 0 Å². The number of hydrogen-bond donors (Lipinski definition) is 4. The molecule has 0 aliphatic carbocycles. The average Bonchev–Trinajstić information content (AvgIpc) is 2.38. The summed E-state index contributed by atoms with van der Waals surface area (Å²) in [7, 11) is 0. The molecular formula is C13H19NO3S. The van der Waals surface area contributed by atoms with E-state index in [0.717, 1.165) is 5.56 Å². The van der Waals surface area contributed by atoms with Crippen LogP contribution in [0, 0.1) is 6.92 Å². The highest BCUT2D eigenvalue weighted by molar-refractivity contribution is 7.80. The van der Waals surface area contributed by atoms with Gasteiger partial charge in [0.15, 0.2) is 0 Å². The third-order valence-corrected chi connectivity index (χ3v) is 3.40. The number of carbonyl (C=O) groups excluding carboxylic acids is 1. The largest absolute Gasteiger partial charge is 0.394 e.